The maximum Gasteiger partial charge on any atom is 0.0989 e. The van der Waals surface area contributed by atoms with Crippen molar-refractivity contribution in [2.45, 2.75) is 44.1 Å². The highest BCUT2D eigenvalue weighted by Gasteiger charge is 2.39. The van der Waals surface area contributed by atoms with Crippen molar-refractivity contribution in [1.82, 2.24) is 5.32 Å². The molecule has 1 aliphatic rings. The number of aliphatic hydroxyl groups is 3. The summed E-state index contributed by atoms with van der Waals surface area (Å²) in [5.41, 5.74) is 0. The van der Waals surface area contributed by atoms with Gasteiger partial charge in [-0.15, -0.1) is 0 Å². The third-order valence-electron chi connectivity index (χ3n) is 2.40. The first-order valence-corrected chi connectivity index (χ1v) is 4.43. The Morgan fingerprint density at radius 3 is 2.17 bits per heavy atom. The molecule has 0 aromatic heterocycles. The van der Waals surface area contributed by atoms with E-state index >= 15 is 0 Å². The lowest BCUT2D eigenvalue weighted by Gasteiger charge is -2.14. The van der Waals surface area contributed by atoms with Crippen LogP contribution in [0.15, 0.2) is 0 Å². The fourth-order valence-corrected chi connectivity index (χ4v) is 1.67. The Morgan fingerprint density at radius 2 is 1.75 bits per heavy atom. The lowest BCUT2D eigenvalue weighted by molar-refractivity contribution is 0.0188. The third kappa shape index (κ3) is 1.77. The van der Waals surface area contributed by atoms with Crippen molar-refractivity contribution < 1.29 is 15.3 Å². The molecule has 1 rings (SSSR count). The first kappa shape index (κ1) is 9.92. The van der Waals surface area contributed by atoms with Crippen molar-refractivity contribution in [3.8, 4) is 0 Å². The molecule has 1 heterocycles. The van der Waals surface area contributed by atoms with E-state index in [1.165, 1.54) is 0 Å². The van der Waals surface area contributed by atoms with Gasteiger partial charge in [0.25, 0.3) is 0 Å². The van der Waals surface area contributed by atoms with Gasteiger partial charge in [0.2, 0.25) is 0 Å². The van der Waals surface area contributed by atoms with Crippen molar-refractivity contribution in [1.29, 1.82) is 0 Å². The molecule has 0 radical (unpaired) electrons. The summed E-state index contributed by atoms with van der Waals surface area (Å²) < 4.78 is 0. The molecule has 4 nitrogen and oxygen atoms in total. The van der Waals surface area contributed by atoms with Gasteiger partial charge in [-0.25, -0.2) is 0 Å². The Labute approximate surface area is 72.2 Å². The molecule has 0 amide bonds. The van der Waals surface area contributed by atoms with Crippen LogP contribution in [0.3, 0.4) is 0 Å². The summed E-state index contributed by atoms with van der Waals surface area (Å²) in [7, 11) is 0. The van der Waals surface area contributed by atoms with E-state index in [0.29, 0.717) is 0 Å². The van der Waals surface area contributed by atoms with Crippen LogP contribution in [0.5, 0.6) is 0 Å². The van der Waals surface area contributed by atoms with Gasteiger partial charge in [0.15, 0.2) is 0 Å². The summed E-state index contributed by atoms with van der Waals surface area (Å²) in [6.45, 7) is 1.89. The maximum atomic E-state index is 9.47. The second-order valence-corrected chi connectivity index (χ2v) is 3.33. The minimum Gasteiger partial charge on any atom is -0.395 e. The van der Waals surface area contributed by atoms with Crippen LogP contribution in [0.25, 0.3) is 0 Å². The van der Waals surface area contributed by atoms with E-state index in [1.54, 1.807) is 0 Å². The molecule has 4 heteroatoms. The van der Waals surface area contributed by atoms with Gasteiger partial charge in [-0.2, -0.15) is 0 Å². The predicted octanol–water partition coefficient (Wildman–Crippen LogP) is -1.16. The highest BCUT2D eigenvalue weighted by Crippen LogP contribution is 2.17. The number of hydrogen-bond donors (Lipinski definition) is 4. The second-order valence-electron chi connectivity index (χ2n) is 3.33. The van der Waals surface area contributed by atoms with Crippen LogP contribution >= 0.6 is 0 Å². The van der Waals surface area contributed by atoms with E-state index in [0.717, 1.165) is 12.8 Å². The quantitative estimate of drug-likeness (QED) is 0.436. The number of hydrogen-bond acceptors (Lipinski definition) is 4. The van der Waals surface area contributed by atoms with Gasteiger partial charge in [0.1, 0.15) is 0 Å². The molecule has 0 bridgehead atoms. The molecule has 4 N–H and O–H groups in total. The normalized spacial score (nSPS) is 42.0. The van der Waals surface area contributed by atoms with Gasteiger partial charge >= 0.3 is 0 Å². The van der Waals surface area contributed by atoms with Gasteiger partial charge in [0, 0.05) is 6.04 Å². The average Bonchev–Trinajstić information content (AvgIpc) is 2.33. The Balaban J connectivity index is 2.48. The second kappa shape index (κ2) is 4.18. The molecular formula is C8H17NO3. The fraction of sp³-hybridized carbons (Fsp3) is 1.00. The van der Waals surface area contributed by atoms with E-state index in [4.69, 9.17) is 5.11 Å². The number of nitrogens with one attached hydrogen (secondary N) is 1. The topological polar surface area (TPSA) is 72.7 Å². The lowest BCUT2D eigenvalue weighted by Crippen LogP contribution is -2.36. The molecule has 0 aliphatic carbocycles. The smallest absolute Gasteiger partial charge is 0.0989 e. The summed E-state index contributed by atoms with van der Waals surface area (Å²) in [6, 6.07) is -0.432. The molecule has 0 aromatic rings. The van der Waals surface area contributed by atoms with Gasteiger partial charge < -0.3 is 20.6 Å². The highest BCUT2D eigenvalue weighted by atomic mass is 16.3. The molecule has 12 heavy (non-hydrogen) atoms. The van der Waals surface area contributed by atoms with E-state index in [2.05, 4.69) is 5.32 Å². The predicted molar refractivity (Wildman–Crippen MR) is 44.7 cm³/mol. The van der Waals surface area contributed by atoms with E-state index in [1.807, 2.05) is 6.92 Å². The van der Waals surface area contributed by atoms with E-state index in [-0.39, 0.29) is 18.7 Å². The third-order valence-corrected chi connectivity index (χ3v) is 2.40. The zero-order valence-electron chi connectivity index (χ0n) is 7.27. The molecule has 1 saturated heterocycles. The van der Waals surface area contributed by atoms with Crippen LogP contribution in [0.1, 0.15) is 19.8 Å². The monoisotopic (exact) mass is 175 g/mol. The zero-order valence-corrected chi connectivity index (χ0v) is 7.27. The van der Waals surface area contributed by atoms with E-state index < -0.39 is 12.2 Å². The standard InChI is InChI=1S/C8H17NO3/c1-2-3-5-7(11)8(12)6(4-10)9-5/h5-12H,2-4H2,1H3/t5-,6-,7-,8-/m0/s1. The Kier molecular flexibility index (Phi) is 3.46. The van der Waals surface area contributed by atoms with Crippen LogP contribution in [0.4, 0.5) is 0 Å². The molecule has 4 atom stereocenters. The van der Waals surface area contributed by atoms with Crippen LogP contribution in [-0.4, -0.2) is 46.2 Å². The fourth-order valence-electron chi connectivity index (χ4n) is 1.67. The summed E-state index contributed by atoms with van der Waals surface area (Å²) in [6.07, 6.45) is 0.225. The van der Waals surface area contributed by atoms with Crippen molar-refractivity contribution >= 4 is 0 Å². The summed E-state index contributed by atoms with van der Waals surface area (Å²) in [5.74, 6) is 0. The number of aliphatic hydroxyl groups excluding tert-OH is 3. The Morgan fingerprint density at radius 1 is 1.17 bits per heavy atom. The molecule has 0 saturated carbocycles. The highest BCUT2D eigenvalue weighted by molar-refractivity contribution is 4.97. The molecule has 0 unspecified atom stereocenters. The Bertz CT molecular complexity index is 142. The van der Waals surface area contributed by atoms with Crippen LogP contribution < -0.4 is 5.32 Å². The molecule has 1 fully saturated rings. The average molecular weight is 175 g/mol. The van der Waals surface area contributed by atoms with Crippen molar-refractivity contribution in [3.05, 3.63) is 0 Å². The molecular weight excluding hydrogens is 158 g/mol. The number of rotatable bonds is 3. The minimum atomic E-state index is -0.827. The summed E-state index contributed by atoms with van der Waals surface area (Å²) >= 11 is 0. The SMILES string of the molecule is CCC[C@@H]1N[C@@H](CO)[C@H](O)[C@H]1O. The first-order valence-electron chi connectivity index (χ1n) is 4.43. The largest absolute Gasteiger partial charge is 0.395 e. The van der Waals surface area contributed by atoms with Gasteiger partial charge in [-0.05, 0) is 6.42 Å². The lowest BCUT2D eigenvalue weighted by atomic mass is 10.1. The van der Waals surface area contributed by atoms with Crippen molar-refractivity contribution in [3.63, 3.8) is 0 Å². The van der Waals surface area contributed by atoms with Gasteiger partial charge in [0.05, 0.1) is 24.9 Å². The molecule has 0 aromatic carbocycles. The van der Waals surface area contributed by atoms with E-state index in [9.17, 15) is 10.2 Å². The van der Waals surface area contributed by atoms with Crippen LogP contribution in [0.2, 0.25) is 0 Å². The van der Waals surface area contributed by atoms with Gasteiger partial charge in [-0.1, -0.05) is 13.3 Å². The maximum absolute atomic E-state index is 9.47. The summed E-state index contributed by atoms with van der Waals surface area (Å²) in [4.78, 5) is 0. The van der Waals surface area contributed by atoms with Crippen LogP contribution in [0, 0.1) is 0 Å². The first-order chi connectivity index (χ1) is 5.70. The zero-order chi connectivity index (χ0) is 9.14. The Hall–Kier alpha value is -0.160. The van der Waals surface area contributed by atoms with Crippen molar-refractivity contribution in [2.24, 2.45) is 0 Å². The minimum absolute atomic E-state index is 0.0675. The summed E-state index contributed by atoms with van der Waals surface area (Å²) in [5, 5.41) is 30.6. The molecule has 0 spiro atoms. The molecule has 72 valence electrons. The molecule has 1 aliphatic heterocycles. The van der Waals surface area contributed by atoms with Crippen molar-refractivity contribution in [2.75, 3.05) is 6.61 Å². The van der Waals surface area contributed by atoms with Gasteiger partial charge in [-0.3, -0.25) is 0 Å². The van der Waals surface area contributed by atoms with Crippen LogP contribution in [-0.2, 0) is 0 Å².